The summed E-state index contributed by atoms with van der Waals surface area (Å²) in [6.45, 7) is 11.0. The molecule has 2 N–H and O–H groups in total. The predicted octanol–water partition coefficient (Wildman–Crippen LogP) is 3.01. The van der Waals surface area contributed by atoms with Gasteiger partial charge in [-0.05, 0) is 51.8 Å². The van der Waals surface area contributed by atoms with Crippen LogP contribution in [0.15, 0.2) is 17.1 Å². The predicted molar refractivity (Wildman–Crippen MR) is 95.0 cm³/mol. The van der Waals surface area contributed by atoms with Crippen molar-refractivity contribution in [3.8, 4) is 11.5 Å². The summed E-state index contributed by atoms with van der Waals surface area (Å²) < 4.78 is 11.1. The molecule has 1 aromatic rings. The Kier molecular flexibility index (Phi) is 5.99. The lowest BCUT2D eigenvalue weighted by Crippen LogP contribution is -2.47. The van der Waals surface area contributed by atoms with Gasteiger partial charge >= 0.3 is 0 Å². The molecule has 0 bridgehead atoms. The Morgan fingerprint density at radius 3 is 2.70 bits per heavy atom. The van der Waals surface area contributed by atoms with E-state index in [1.165, 1.54) is 0 Å². The summed E-state index contributed by atoms with van der Waals surface area (Å²) in [5, 5.41) is 7.23. The van der Waals surface area contributed by atoms with Crippen LogP contribution in [0.1, 0.15) is 33.3 Å². The van der Waals surface area contributed by atoms with Crippen LogP contribution in [0.5, 0.6) is 11.5 Å². The van der Waals surface area contributed by atoms with Gasteiger partial charge in [0.25, 0.3) is 0 Å². The summed E-state index contributed by atoms with van der Waals surface area (Å²) in [7, 11) is 0. The highest BCUT2D eigenvalue weighted by molar-refractivity contribution is 6.32. The first-order valence-electron chi connectivity index (χ1n) is 8.03. The molecule has 0 aromatic heterocycles. The van der Waals surface area contributed by atoms with Crippen LogP contribution in [-0.4, -0.2) is 37.8 Å². The lowest BCUT2D eigenvalue weighted by atomic mass is 10.1. The van der Waals surface area contributed by atoms with E-state index in [0.717, 1.165) is 30.2 Å². The number of rotatable bonds is 4. The van der Waals surface area contributed by atoms with Crippen molar-refractivity contribution in [1.82, 2.24) is 10.6 Å². The third-order valence-corrected chi connectivity index (χ3v) is 3.45. The first-order chi connectivity index (χ1) is 10.9. The normalized spacial score (nSPS) is 14.6. The molecule has 0 spiro atoms. The molecule has 0 unspecified atom stereocenters. The third-order valence-electron chi connectivity index (χ3n) is 3.16. The zero-order valence-corrected chi connectivity index (χ0v) is 15.1. The number of hydrogen-bond donors (Lipinski definition) is 2. The Morgan fingerprint density at radius 1 is 1.26 bits per heavy atom. The number of fused-ring (bicyclic) bond motifs is 1. The number of aliphatic imine (C=N–C) groups is 1. The van der Waals surface area contributed by atoms with Crippen molar-refractivity contribution in [1.29, 1.82) is 0 Å². The highest BCUT2D eigenvalue weighted by Gasteiger charge is 2.16. The molecule has 0 saturated carbocycles. The number of nitrogens with one attached hydrogen (secondary N) is 2. The van der Waals surface area contributed by atoms with Gasteiger partial charge in [-0.15, -0.1) is 0 Å². The summed E-state index contributed by atoms with van der Waals surface area (Å²) >= 11 is 6.26. The van der Waals surface area contributed by atoms with Crippen molar-refractivity contribution < 1.29 is 9.47 Å². The van der Waals surface area contributed by atoms with Crippen LogP contribution in [0.25, 0.3) is 0 Å². The molecule has 0 fully saturated rings. The lowest BCUT2D eigenvalue weighted by Gasteiger charge is -2.23. The molecular formula is C17H26ClN3O2. The fourth-order valence-electron chi connectivity index (χ4n) is 2.27. The molecular weight excluding hydrogens is 314 g/mol. The number of ether oxygens (including phenoxy) is 2. The van der Waals surface area contributed by atoms with E-state index in [1.807, 2.05) is 12.1 Å². The zero-order chi connectivity index (χ0) is 16.9. The minimum Gasteiger partial charge on any atom is -0.486 e. The molecule has 1 heterocycles. The highest BCUT2D eigenvalue weighted by Crippen LogP contribution is 2.38. The summed E-state index contributed by atoms with van der Waals surface area (Å²) in [4.78, 5) is 4.62. The van der Waals surface area contributed by atoms with Gasteiger partial charge in [-0.1, -0.05) is 11.6 Å². The molecule has 1 aromatic carbocycles. The molecule has 5 nitrogen and oxygen atoms in total. The minimum atomic E-state index is -0.0265. The fraction of sp³-hybridized carbons (Fsp3) is 0.588. The number of benzene rings is 1. The summed E-state index contributed by atoms with van der Waals surface area (Å²) in [5.41, 5.74) is 1.07. The molecule has 1 aliphatic heterocycles. The molecule has 128 valence electrons. The number of guanidine groups is 1. The number of nitrogens with zero attached hydrogens (tertiary/aromatic N) is 1. The van der Waals surface area contributed by atoms with Crippen LogP contribution >= 0.6 is 11.6 Å². The molecule has 23 heavy (non-hydrogen) atoms. The van der Waals surface area contributed by atoms with E-state index in [1.54, 1.807) is 0 Å². The van der Waals surface area contributed by atoms with Crippen LogP contribution in [0, 0.1) is 0 Å². The third kappa shape index (κ3) is 5.50. The Hall–Kier alpha value is -1.62. The molecule has 0 atom stereocenters. The summed E-state index contributed by atoms with van der Waals surface area (Å²) in [6, 6.07) is 3.91. The van der Waals surface area contributed by atoms with Gasteiger partial charge < -0.3 is 20.1 Å². The summed E-state index contributed by atoms with van der Waals surface area (Å²) in [6.07, 6.45) is 0.789. The van der Waals surface area contributed by atoms with Crippen molar-refractivity contribution >= 4 is 17.6 Å². The van der Waals surface area contributed by atoms with Gasteiger partial charge in [0.15, 0.2) is 17.5 Å². The zero-order valence-electron chi connectivity index (χ0n) is 14.3. The van der Waals surface area contributed by atoms with Crippen molar-refractivity contribution in [3.05, 3.63) is 22.7 Å². The molecule has 2 rings (SSSR count). The first kappa shape index (κ1) is 17.7. The summed E-state index contributed by atoms with van der Waals surface area (Å²) in [5.74, 6) is 2.19. The Labute approximate surface area is 143 Å². The van der Waals surface area contributed by atoms with E-state index in [-0.39, 0.29) is 5.54 Å². The van der Waals surface area contributed by atoms with Crippen molar-refractivity contribution in [2.24, 2.45) is 4.99 Å². The standard InChI is InChI=1S/C17H26ClN3O2/c1-5-19-16(21-17(2,3)4)20-7-6-12-10-13(18)15-14(11-12)22-8-9-23-15/h10-11H,5-9H2,1-4H3,(H2,19,20,21). The van der Waals surface area contributed by atoms with Crippen LogP contribution < -0.4 is 20.1 Å². The van der Waals surface area contributed by atoms with Gasteiger partial charge in [0.2, 0.25) is 0 Å². The van der Waals surface area contributed by atoms with E-state index in [0.29, 0.717) is 30.5 Å². The van der Waals surface area contributed by atoms with Gasteiger partial charge in [0.05, 0.1) is 5.02 Å². The number of halogens is 1. The SMILES string of the molecule is CCNC(=NCCc1cc(Cl)c2c(c1)OCCO2)NC(C)(C)C. The second-order valence-electron chi connectivity index (χ2n) is 6.49. The average molecular weight is 340 g/mol. The second kappa shape index (κ2) is 7.77. The molecule has 6 heteroatoms. The lowest BCUT2D eigenvalue weighted by molar-refractivity contribution is 0.171. The van der Waals surface area contributed by atoms with Crippen molar-refractivity contribution in [2.45, 2.75) is 39.7 Å². The Balaban J connectivity index is 2.01. The molecule has 0 amide bonds. The Bertz CT molecular complexity index is 568. The Morgan fingerprint density at radius 2 is 2.00 bits per heavy atom. The molecule has 0 saturated heterocycles. The second-order valence-corrected chi connectivity index (χ2v) is 6.89. The maximum Gasteiger partial charge on any atom is 0.191 e. The van der Waals surface area contributed by atoms with E-state index >= 15 is 0 Å². The van der Waals surface area contributed by atoms with Gasteiger partial charge in [-0.25, -0.2) is 0 Å². The largest absolute Gasteiger partial charge is 0.486 e. The number of hydrogen-bond acceptors (Lipinski definition) is 3. The molecule has 0 aliphatic carbocycles. The smallest absolute Gasteiger partial charge is 0.191 e. The monoisotopic (exact) mass is 339 g/mol. The van der Waals surface area contributed by atoms with Gasteiger partial charge in [0.1, 0.15) is 13.2 Å². The first-order valence-corrected chi connectivity index (χ1v) is 8.41. The molecule has 0 radical (unpaired) electrons. The van der Waals surface area contributed by atoms with Gasteiger partial charge in [0, 0.05) is 18.6 Å². The van der Waals surface area contributed by atoms with Crippen LogP contribution in [-0.2, 0) is 6.42 Å². The minimum absolute atomic E-state index is 0.0265. The van der Waals surface area contributed by atoms with Crippen LogP contribution in [0.3, 0.4) is 0 Å². The highest BCUT2D eigenvalue weighted by atomic mass is 35.5. The van der Waals surface area contributed by atoms with E-state index in [2.05, 4.69) is 43.3 Å². The van der Waals surface area contributed by atoms with Crippen molar-refractivity contribution in [2.75, 3.05) is 26.3 Å². The quantitative estimate of drug-likeness (QED) is 0.654. The maximum atomic E-state index is 6.26. The van der Waals surface area contributed by atoms with E-state index < -0.39 is 0 Å². The van der Waals surface area contributed by atoms with Crippen molar-refractivity contribution in [3.63, 3.8) is 0 Å². The fourth-order valence-corrected chi connectivity index (χ4v) is 2.56. The van der Waals surface area contributed by atoms with E-state index in [4.69, 9.17) is 21.1 Å². The average Bonchev–Trinajstić information content (AvgIpc) is 2.46. The van der Waals surface area contributed by atoms with Gasteiger partial charge in [-0.2, -0.15) is 0 Å². The van der Waals surface area contributed by atoms with Gasteiger partial charge in [-0.3, -0.25) is 4.99 Å². The van der Waals surface area contributed by atoms with Crippen LogP contribution in [0.2, 0.25) is 5.02 Å². The van der Waals surface area contributed by atoms with Crippen LogP contribution in [0.4, 0.5) is 0 Å². The topological polar surface area (TPSA) is 54.9 Å². The molecule has 1 aliphatic rings. The maximum absolute atomic E-state index is 6.26. The van der Waals surface area contributed by atoms with E-state index in [9.17, 15) is 0 Å².